The van der Waals surface area contributed by atoms with E-state index in [9.17, 15) is 5.11 Å². The van der Waals surface area contributed by atoms with Crippen LogP contribution in [-0.4, -0.2) is 36.3 Å². The van der Waals surface area contributed by atoms with Gasteiger partial charge in [-0.3, -0.25) is 0 Å². The van der Waals surface area contributed by atoms with E-state index in [1.54, 1.807) is 0 Å². The van der Waals surface area contributed by atoms with Crippen LogP contribution in [0.4, 0.5) is 0 Å². The highest BCUT2D eigenvalue weighted by Gasteiger charge is 2.68. The number of ether oxygens (including phenoxy) is 3. The fourth-order valence-corrected chi connectivity index (χ4v) is 5.11. The smallest absolute Gasteiger partial charge is 0.184 e. The highest BCUT2D eigenvalue weighted by Crippen LogP contribution is 2.61. The third kappa shape index (κ3) is 1.70. The first kappa shape index (κ1) is 12.6. The Morgan fingerprint density at radius 2 is 1.95 bits per heavy atom. The number of benzene rings is 1. The Balaban J connectivity index is 1.33. The van der Waals surface area contributed by atoms with Crippen molar-refractivity contribution in [2.24, 2.45) is 23.7 Å². The van der Waals surface area contributed by atoms with Gasteiger partial charge >= 0.3 is 0 Å². The van der Waals surface area contributed by atoms with Gasteiger partial charge in [-0.15, -0.1) is 0 Å². The second-order valence-corrected chi connectivity index (χ2v) is 6.86. The summed E-state index contributed by atoms with van der Waals surface area (Å²) in [5.74, 6) is 1.89. The van der Waals surface area contributed by atoms with Gasteiger partial charge in [0.2, 0.25) is 0 Å². The molecule has 2 bridgehead atoms. The Morgan fingerprint density at radius 3 is 2.81 bits per heavy atom. The van der Waals surface area contributed by atoms with Gasteiger partial charge in [0.1, 0.15) is 6.10 Å². The quantitative estimate of drug-likeness (QED) is 0.917. The van der Waals surface area contributed by atoms with Gasteiger partial charge in [0, 0.05) is 5.92 Å². The third-order valence-corrected chi connectivity index (χ3v) is 5.95. The summed E-state index contributed by atoms with van der Waals surface area (Å²) in [5, 5.41) is 10.3. The summed E-state index contributed by atoms with van der Waals surface area (Å²) in [6, 6.07) is 10.1. The van der Waals surface area contributed by atoms with Gasteiger partial charge in [-0.1, -0.05) is 30.3 Å². The molecule has 8 atom stereocenters. The average Bonchev–Trinajstić information content (AvgIpc) is 3.15. The molecule has 4 heteroatoms. The molecule has 21 heavy (non-hydrogen) atoms. The Labute approximate surface area is 124 Å². The van der Waals surface area contributed by atoms with Gasteiger partial charge in [0.15, 0.2) is 6.29 Å². The monoisotopic (exact) mass is 288 g/mol. The van der Waals surface area contributed by atoms with Crippen LogP contribution in [-0.2, 0) is 20.8 Å². The molecule has 0 spiro atoms. The fourth-order valence-electron chi connectivity index (χ4n) is 5.11. The predicted octanol–water partition coefficient (Wildman–Crippen LogP) is 1.57. The van der Waals surface area contributed by atoms with Crippen LogP contribution in [0.5, 0.6) is 0 Å². The van der Waals surface area contributed by atoms with Crippen molar-refractivity contribution in [2.75, 3.05) is 6.61 Å². The minimum Gasteiger partial charge on any atom is -0.390 e. The van der Waals surface area contributed by atoms with Crippen molar-refractivity contribution in [2.45, 2.75) is 37.6 Å². The Bertz CT molecular complexity index is 533. The first-order chi connectivity index (χ1) is 10.3. The number of hydrogen-bond acceptors (Lipinski definition) is 4. The molecule has 4 nitrogen and oxygen atoms in total. The number of aliphatic hydroxyl groups excluding tert-OH is 1. The molecule has 2 aliphatic heterocycles. The summed E-state index contributed by atoms with van der Waals surface area (Å²) in [6.07, 6.45) is 0.544. The molecule has 0 aromatic heterocycles. The molecule has 2 saturated heterocycles. The summed E-state index contributed by atoms with van der Waals surface area (Å²) < 4.78 is 18.0. The van der Waals surface area contributed by atoms with Crippen LogP contribution in [0, 0.1) is 23.7 Å². The number of hydrogen-bond donors (Lipinski definition) is 1. The zero-order valence-corrected chi connectivity index (χ0v) is 11.8. The van der Waals surface area contributed by atoms with E-state index in [0.29, 0.717) is 36.9 Å². The van der Waals surface area contributed by atoms with E-state index in [2.05, 4.69) is 12.1 Å². The third-order valence-electron chi connectivity index (χ3n) is 5.95. The SMILES string of the molecule is O[C@H]1[C@@H]2C[C@@H]3[C@H]1O[C@@H]1[C@H](OCc4ccccc4)OC[C@H]2[C@H]31. The van der Waals surface area contributed by atoms with Gasteiger partial charge < -0.3 is 19.3 Å². The van der Waals surface area contributed by atoms with Crippen molar-refractivity contribution < 1.29 is 19.3 Å². The van der Waals surface area contributed by atoms with Crippen molar-refractivity contribution in [3.05, 3.63) is 35.9 Å². The molecule has 2 heterocycles. The molecule has 2 saturated carbocycles. The van der Waals surface area contributed by atoms with Crippen molar-refractivity contribution in [3.63, 3.8) is 0 Å². The largest absolute Gasteiger partial charge is 0.390 e. The lowest BCUT2D eigenvalue weighted by atomic mass is 9.75. The van der Waals surface area contributed by atoms with Gasteiger partial charge in [0.25, 0.3) is 0 Å². The first-order valence-corrected chi connectivity index (χ1v) is 7.93. The van der Waals surface area contributed by atoms with Crippen molar-refractivity contribution in [1.29, 1.82) is 0 Å². The van der Waals surface area contributed by atoms with E-state index in [1.807, 2.05) is 18.2 Å². The lowest BCUT2D eigenvalue weighted by molar-refractivity contribution is -0.243. The van der Waals surface area contributed by atoms with Crippen LogP contribution in [0.3, 0.4) is 0 Å². The molecule has 2 aliphatic carbocycles. The highest BCUT2D eigenvalue weighted by molar-refractivity contribution is 5.15. The molecule has 0 amide bonds. The van der Waals surface area contributed by atoms with Crippen molar-refractivity contribution in [3.8, 4) is 0 Å². The first-order valence-electron chi connectivity index (χ1n) is 7.93. The summed E-state index contributed by atoms with van der Waals surface area (Å²) in [7, 11) is 0. The Morgan fingerprint density at radius 1 is 1.10 bits per heavy atom. The Kier molecular flexibility index (Phi) is 2.71. The molecule has 0 radical (unpaired) electrons. The minimum absolute atomic E-state index is 0.00427. The summed E-state index contributed by atoms with van der Waals surface area (Å²) in [5.41, 5.74) is 1.15. The van der Waals surface area contributed by atoms with Gasteiger partial charge in [-0.05, 0) is 29.7 Å². The molecule has 1 N–H and O–H groups in total. The number of rotatable bonds is 3. The maximum Gasteiger partial charge on any atom is 0.184 e. The van der Waals surface area contributed by atoms with Crippen LogP contribution in [0.2, 0.25) is 0 Å². The lowest BCUT2D eigenvalue weighted by Crippen LogP contribution is -2.47. The maximum atomic E-state index is 10.3. The van der Waals surface area contributed by atoms with E-state index < -0.39 is 0 Å². The van der Waals surface area contributed by atoms with Crippen LogP contribution in [0.15, 0.2) is 30.3 Å². The second-order valence-electron chi connectivity index (χ2n) is 6.86. The van der Waals surface area contributed by atoms with E-state index in [0.717, 1.165) is 12.0 Å². The fraction of sp³-hybridized carbons (Fsp3) is 0.647. The van der Waals surface area contributed by atoms with Gasteiger partial charge in [-0.25, -0.2) is 0 Å². The zero-order chi connectivity index (χ0) is 14.0. The van der Waals surface area contributed by atoms with E-state index in [-0.39, 0.29) is 24.6 Å². The highest BCUT2D eigenvalue weighted by atomic mass is 16.7. The predicted molar refractivity (Wildman–Crippen MR) is 74.2 cm³/mol. The standard InChI is InChI=1S/C17H20O4/c18-14-10-6-11-13-12(10)8-20-17(16(13)21-15(11)14)19-7-9-4-2-1-3-5-9/h1-5,10-18H,6-8H2/t10-,11+,12-,13+,14+,15-,16+,17-/m1/s1. The summed E-state index contributed by atoms with van der Waals surface area (Å²) in [4.78, 5) is 0. The lowest BCUT2D eigenvalue weighted by Gasteiger charge is -2.38. The van der Waals surface area contributed by atoms with Crippen LogP contribution in [0.25, 0.3) is 0 Å². The molecule has 4 fully saturated rings. The second kappa shape index (κ2) is 4.53. The van der Waals surface area contributed by atoms with E-state index in [1.165, 1.54) is 0 Å². The molecule has 1 aromatic rings. The average molecular weight is 288 g/mol. The topological polar surface area (TPSA) is 47.9 Å². The van der Waals surface area contributed by atoms with E-state index in [4.69, 9.17) is 14.2 Å². The molecule has 5 rings (SSSR count). The van der Waals surface area contributed by atoms with Crippen LogP contribution < -0.4 is 0 Å². The number of fused-ring (bicyclic) bond motifs is 2. The van der Waals surface area contributed by atoms with Crippen molar-refractivity contribution >= 4 is 0 Å². The molecule has 4 aliphatic rings. The van der Waals surface area contributed by atoms with E-state index >= 15 is 0 Å². The number of aliphatic hydroxyl groups is 1. The normalized spacial score (nSPS) is 49.8. The zero-order valence-electron chi connectivity index (χ0n) is 11.8. The van der Waals surface area contributed by atoms with Crippen LogP contribution >= 0.6 is 0 Å². The maximum absolute atomic E-state index is 10.3. The molecule has 112 valence electrons. The van der Waals surface area contributed by atoms with Gasteiger partial charge in [-0.2, -0.15) is 0 Å². The summed E-state index contributed by atoms with van der Waals surface area (Å²) in [6.45, 7) is 1.25. The van der Waals surface area contributed by atoms with Gasteiger partial charge in [0.05, 0.1) is 25.4 Å². The van der Waals surface area contributed by atoms with Crippen LogP contribution in [0.1, 0.15) is 12.0 Å². The molecule has 1 aromatic carbocycles. The molecular formula is C17H20O4. The van der Waals surface area contributed by atoms with Crippen molar-refractivity contribution in [1.82, 2.24) is 0 Å². The minimum atomic E-state index is -0.294. The molecule has 0 unspecified atom stereocenters. The summed E-state index contributed by atoms with van der Waals surface area (Å²) >= 11 is 0. The Hall–Kier alpha value is -0.940. The molecular weight excluding hydrogens is 268 g/mol.